The quantitative estimate of drug-likeness (QED) is 0.892. The molecule has 1 unspecified atom stereocenters. The molecular weight excluding hydrogens is 254 g/mol. The van der Waals surface area contributed by atoms with Gasteiger partial charge in [0.15, 0.2) is 0 Å². The molecule has 1 aromatic rings. The van der Waals surface area contributed by atoms with E-state index in [1.807, 2.05) is 12.1 Å². The second kappa shape index (κ2) is 4.14. The number of halogens is 1. The minimum atomic E-state index is 0.203. The average molecular weight is 270 g/mol. The van der Waals surface area contributed by atoms with Gasteiger partial charge in [0.2, 0.25) is 0 Å². The summed E-state index contributed by atoms with van der Waals surface area (Å²) in [6.45, 7) is 4.41. The van der Waals surface area contributed by atoms with Crippen molar-refractivity contribution in [1.29, 1.82) is 0 Å². The van der Waals surface area contributed by atoms with Gasteiger partial charge in [0.05, 0.1) is 7.11 Å². The van der Waals surface area contributed by atoms with Crippen LogP contribution in [0.5, 0.6) is 5.75 Å². The van der Waals surface area contributed by atoms with Gasteiger partial charge in [-0.05, 0) is 31.2 Å². The predicted molar refractivity (Wildman–Crippen MR) is 65.5 cm³/mol. The molecule has 15 heavy (non-hydrogen) atoms. The lowest BCUT2D eigenvalue weighted by atomic mass is 9.81. The fraction of sp³-hybridized carbons (Fsp3) is 0.500. The van der Waals surface area contributed by atoms with E-state index in [1.165, 1.54) is 12.0 Å². The maximum absolute atomic E-state index is 5.43. The zero-order valence-electron chi connectivity index (χ0n) is 9.14. The number of ether oxygens (including phenoxy) is 1. The standard InChI is InChI=1S/C12H16BrNO/c1-12(5-6-14-8-12)10-7-9(13)3-4-11(10)15-2/h3-4,7,14H,5-6,8H2,1-2H3. The van der Waals surface area contributed by atoms with Gasteiger partial charge < -0.3 is 10.1 Å². The van der Waals surface area contributed by atoms with Crippen molar-refractivity contribution in [2.24, 2.45) is 0 Å². The Kier molecular flexibility index (Phi) is 3.03. The molecule has 0 bridgehead atoms. The Morgan fingerprint density at radius 3 is 2.87 bits per heavy atom. The Hall–Kier alpha value is -0.540. The monoisotopic (exact) mass is 269 g/mol. The van der Waals surface area contributed by atoms with Gasteiger partial charge in [0, 0.05) is 22.0 Å². The average Bonchev–Trinajstić information content (AvgIpc) is 2.66. The molecule has 1 heterocycles. The van der Waals surface area contributed by atoms with Crippen LogP contribution in [0.3, 0.4) is 0 Å². The molecule has 82 valence electrons. The third-order valence-electron chi connectivity index (χ3n) is 3.18. The van der Waals surface area contributed by atoms with Gasteiger partial charge in [0.25, 0.3) is 0 Å². The summed E-state index contributed by atoms with van der Waals surface area (Å²) in [7, 11) is 1.73. The number of rotatable bonds is 2. The van der Waals surface area contributed by atoms with Crippen LogP contribution in [0.1, 0.15) is 18.9 Å². The molecule has 1 saturated heterocycles. The SMILES string of the molecule is COc1ccc(Br)cc1C1(C)CCNC1. The van der Waals surface area contributed by atoms with E-state index < -0.39 is 0 Å². The van der Waals surface area contributed by atoms with E-state index >= 15 is 0 Å². The zero-order chi connectivity index (χ0) is 10.9. The van der Waals surface area contributed by atoms with Gasteiger partial charge in [-0.2, -0.15) is 0 Å². The summed E-state index contributed by atoms with van der Waals surface area (Å²) in [4.78, 5) is 0. The van der Waals surface area contributed by atoms with E-state index in [0.717, 1.165) is 23.3 Å². The molecule has 1 fully saturated rings. The Bertz CT molecular complexity index is 359. The molecule has 0 spiro atoms. The second-order valence-corrected chi connectivity index (χ2v) is 5.25. The fourth-order valence-corrected chi connectivity index (χ4v) is 2.56. The largest absolute Gasteiger partial charge is 0.496 e. The molecule has 0 aromatic heterocycles. The third kappa shape index (κ3) is 2.04. The van der Waals surface area contributed by atoms with Crippen LogP contribution in [0.25, 0.3) is 0 Å². The minimum Gasteiger partial charge on any atom is -0.496 e. The first-order valence-corrected chi connectivity index (χ1v) is 6.00. The van der Waals surface area contributed by atoms with Crippen LogP contribution in [-0.2, 0) is 5.41 Å². The zero-order valence-corrected chi connectivity index (χ0v) is 10.7. The van der Waals surface area contributed by atoms with Crippen molar-refractivity contribution in [3.63, 3.8) is 0 Å². The normalized spacial score (nSPS) is 25.5. The fourth-order valence-electron chi connectivity index (χ4n) is 2.20. The Morgan fingerprint density at radius 1 is 1.47 bits per heavy atom. The van der Waals surface area contributed by atoms with E-state index in [9.17, 15) is 0 Å². The number of methoxy groups -OCH3 is 1. The summed E-state index contributed by atoms with van der Waals surface area (Å²) in [6, 6.07) is 6.23. The highest BCUT2D eigenvalue weighted by molar-refractivity contribution is 9.10. The molecular formula is C12H16BrNO. The molecule has 2 rings (SSSR count). The summed E-state index contributed by atoms with van der Waals surface area (Å²) in [6.07, 6.45) is 1.17. The summed E-state index contributed by atoms with van der Waals surface area (Å²) >= 11 is 3.52. The molecule has 1 atom stereocenters. The molecule has 1 aliphatic heterocycles. The van der Waals surface area contributed by atoms with Crippen molar-refractivity contribution in [1.82, 2.24) is 5.32 Å². The van der Waals surface area contributed by atoms with Crippen molar-refractivity contribution in [3.05, 3.63) is 28.2 Å². The van der Waals surface area contributed by atoms with Crippen LogP contribution < -0.4 is 10.1 Å². The second-order valence-electron chi connectivity index (χ2n) is 4.33. The van der Waals surface area contributed by atoms with Gasteiger partial charge in [-0.15, -0.1) is 0 Å². The van der Waals surface area contributed by atoms with E-state index in [-0.39, 0.29) is 5.41 Å². The molecule has 1 N–H and O–H groups in total. The Balaban J connectivity index is 2.44. The highest BCUT2D eigenvalue weighted by Gasteiger charge is 2.33. The number of hydrogen-bond acceptors (Lipinski definition) is 2. The Labute approximate surface area is 99.1 Å². The lowest BCUT2D eigenvalue weighted by molar-refractivity contribution is 0.391. The molecule has 1 aromatic carbocycles. The van der Waals surface area contributed by atoms with Gasteiger partial charge in [0.1, 0.15) is 5.75 Å². The summed E-state index contributed by atoms with van der Waals surface area (Å²) < 4.78 is 6.55. The van der Waals surface area contributed by atoms with E-state index in [0.29, 0.717) is 0 Å². The number of nitrogens with one attached hydrogen (secondary N) is 1. The topological polar surface area (TPSA) is 21.3 Å². The molecule has 1 aliphatic rings. The predicted octanol–water partition coefficient (Wildman–Crippen LogP) is 2.71. The van der Waals surface area contributed by atoms with Crippen LogP contribution in [0.2, 0.25) is 0 Å². The van der Waals surface area contributed by atoms with Gasteiger partial charge in [-0.3, -0.25) is 0 Å². The van der Waals surface area contributed by atoms with Crippen LogP contribution in [0.4, 0.5) is 0 Å². The molecule has 2 nitrogen and oxygen atoms in total. The highest BCUT2D eigenvalue weighted by atomic mass is 79.9. The van der Waals surface area contributed by atoms with Gasteiger partial charge in [-0.1, -0.05) is 22.9 Å². The maximum Gasteiger partial charge on any atom is 0.122 e. The van der Waals surface area contributed by atoms with Crippen molar-refractivity contribution in [3.8, 4) is 5.75 Å². The van der Waals surface area contributed by atoms with Crippen molar-refractivity contribution in [2.75, 3.05) is 20.2 Å². The van der Waals surface area contributed by atoms with Crippen LogP contribution in [-0.4, -0.2) is 20.2 Å². The van der Waals surface area contributed by atoms with E-state index in [1.54, 1.807) is 7.11 Å². The van der Waals surface area contributed by atoms with Crippen LogP contribution in [0, 0.1) is 0 Å². The third-order valence-corrected chi connectivity index (χ3v) is 3.67. The number of benzene rings is 1. The molecule has 0 amide bonds. The summed E-state index contributed by atoms with van der Waals surface area (Å²) in [5, 5.41) is 3.41. The first-order chi connectivity index (χ1) is 7.15. The van der Waals surface area contributed by atoms with E-state index in [2.05, 4.69) is 34.2 Å². The Morgan fingerprint density at radius 2 is 2.27 bits per heavy atom. The highest BCUT2D eigenvalue weighted by Crippen LogP contribution is 2.37. The minimum absolute atomic E-state index is 0.203. The van der Waals surface area contributed by atoms with Gasteiger partial charge >= 0.3 is 0 Å². The lowest BCUT2D eigenvalue weighted by Gasteiger charge is -2.25. The molecule has 0 radical (unpaired) electrons. The van der Waals surface area contributed by atoms with Gasteiger partial charge in [-0.25, -0.2) is 0 Å². The first kappa shape index (κ1) is 11.0. The summed E-state index contributed by atoms with van der Waals surface area (Å²) in [5.41, 5.74) is 1.50. The van der Waals surface area contributed by atoms with Crippen molar-refractivity contribution >= 4 is 15.9 Å². The molecule has 3 heteroatoms. The lowest BCUT2D eigenvalue weighted by Crippen LogP contribution is -2.25. The van der Waals surface area contributed by atoms with Crippen molar-refractivity contribution in [2.45, 2.75) is 18.8 Å². The molecule has 0 aliphatic carbocycles. The van der Waals surface area contributed by atoms with Crippen LogP contribution in [0.15, 0.2) is 22.7 Å². The number of hydrogen-bond donors (Lipinski definition) is 1. The molecule has 0 saturated carbocycles. The maximum atomic E-state index is 5.43. The van der Waals surface area contributed by atoms with Crippen molar-refractivity contribution < 1.29 is 4.74 Å². The van der Waals surface area contributed by atoms with Crippen LogP contribution >= 0.6 is 15.9 Å². The summed E-state index contributed by atoms with van der Waals surface area (Å²) in [5.74, 6) is 0.990. The smallest absolute Gasteiger partial charge is 0.122 e. The van der Waals surface area contributed by atoms with E-state index in [4.69, 9.17) is 4.74 Å². The first-order valence-electron chi connectivity index (χ1n) is 5.20.